The first kappa shape index (κ1) is 18.3. The second kappa shape index (κ2) is 8.74. The van der Waals surface area contributed by atoms with Crippen molar-refractivity contribution in [2.24, 2.45) is 0 Å². The van der Waals surface area contributed by atoms with E-state index >= 15 is 0 Å². The molecule has 0 atom stereocenters. The maximum absolute atomic E-state index is 10.1. The highest BCUT2D eigenvalue weighted by molar-refractivity contribution is 5.85. The van der Waals surface area contributed by atoms with E-state index in [1.54, 1.807) is 20.3 Å². The standard InChI is InChI=1S/C21H25NO4/c1-24-20(25-2)12-15-26-18-8-6-16(7-9-18)10-13-22-14-11-17-4-3-5-19(23)21(17)22/h3-9,11,14,20,23H,10,12-13,15H2,1-2H3. The minimum absolute atomic E-state index is 0.234. The van der Waals surface area contributed by atoms with Crippen molar-refractivity contribution in [2.45, 2.75) is 25.7 Å². The number of methoxy groups -OCH3 is 2. The molecule has 0 saturated carbocycles. The van der Waals surface area contributed by atoms with Gasteiger partial charge >= 0.3 is 0 Å². The normalized spacial score (nSPS) is 11.3. The number of aryl methyl sites for hydroxylation is 2. The number of phenols is 1. The summed E-state index contributed by atoms with van der Waals surface area (Å²) in [7, 11) is 3.24. The fourth-order valence-electron chi connectivity index (χ4n) is 3.03. The number of fused-ring (bicyclic) bond motifs is 1. The zero-order valence-corrected chi connectivity index (χ0v) is 15.2. The van der Waals surface area contributed by atoms with Gasteiger partial charge in [-0.05, 0) is 36.2 Å². The lowest BCUT2D eigenvalue weighted by molar-refractivity contribution is -0.110. The molecule has 1 heterocycles. The fraction of sp³-hybridized carbons (Fsp3) is 0.333. The smallest absolute Gasteiger partial charge is 0.160 e. The first-order valence-electron chi connectivity index (χ1n) is 8.75. The molecule has 0 fully saturated rings. The topological polar surface area (TPSA) is 52.9 Å². The summed E-state index contributed by atoms with van der Waals surface area (Å²) in [6.45, 7) is 1.35. The van der Waals surface area contributed by atoms with Gasteiger partial charge < -0.3 is 23.9 Å². The molecule has 0 aliphatic carbocycles. The average molecular weight is 355 g/mol. The SMILES string of the molecule is COC(CCOc1ccc(CCn2ccc3cccc(O)c32)cc1)OC. The van der Waals surface area contributed by atoms with Gasteiger partial charge in [0.1, 0.15) is 11.5 Å². The molecule has 1 aromatic heterocycles. The fourth-order valence-corrected chi connectivity index (χ4v) is 3.03. The third-order valence-electron chi connectivity index (χ3n) is 4.48. The average Bonchev–Trinajstić information content (AvgIpc) is 3.09. The van der Waals surface area contributed by atoms with Crippen LogP contribution in [-0.4, -0.2) is 36.8 Å². The number of hydrogen-bond donors (Lipinski definition) is 1. The lowest BCUT2D eigenvalue weighted by Gasteiger charge is -2.14. The molecule has 0 spiro atoms. The van der Waals surface area contributed by atoms with Crippen LogP contribution in [0.15, 0.2) is 54.7 Å². The van der Waals surface area contributed by atoms with Crippen LogP contribution < -0.4 is 4.74 Å². The van der Waals surface area contributed by atoms with E-state index in [1.165, 1.54) is 5.56 Å². The lowest BCUT2D eigenvalue weighted by atomic mass is 10.1. The molecule has 0 saturated heterocycles. The molecule has 0 aliphatic rings. The van der Waals surface area contributed by atoms with Crippen LogP contribution in [0.2, 0.25) is 0 Å². The molecule has 0 unspecified atom stereocenters. The van der Waals surface area contributed by atoms with E-state index < -0.39 is 0 Å². The second-order valence-corrected chi connectivity index (χ2v) is 6.16. The summed E-state index contributed by atoms with van der Waals surface area (Å²) >= 11 is 0. The molecular formula is C21H25NO4. The Morgan fingerprint density at radius 1 is 1.00 bits per heavy atom. The van der Waals surface area contributed by atoms with Gasteiger partial charge in [0.15, 0.2) is 6.29 Å². The van der Waals surface area contributed by atoms with Crippen LogP contribution in [-0.2, 0) is 22.4 Å². The largest absolute Gasteiger partial charge is 0.506 e. The predicted molar refractivity (Wildman–Crippen MR) is 102 cm³/mol. The van der Waals surface area contributed by atoms with E-state index in [4.69, 9.17) is 14.2 Å². The summed E-state index contributed by atoms with van der Waals surface area (Å²) in [6, 6.07) is 15.7. The van der Waals surface area contributed by atoms with Gasteiger partial charge in [0.25, 0.3) is 0 Å². The molecule has 3 rings (SSSR count). The van der Waals surface area contributed by atoms with Crippen molar-refractivity contribution in [3.05, 3.63) is 60.3 Å². The first-order valence-corrected chi connectivity index (χ1v) is 8.75. The third kappa shape index (κ3) is 4.36. The zero-order valence-electron chi connectivity index (χ0n) is 15.2. The number of para-hydroxylation sites is 1. The molecule has 0 amide bonds. The number of nitrogens with zero attached hydrogens (tertiary/aromatic N) is 1. The number of aromatic nitrogens is 1. The Morgan fingerprint density at radius 3 is 2.50 bits per heavy atom. The molecule has 5 heteroatoms. The summed E-state index contributed by atoms with van der Waals surface area (Å²) < 4.78 is 18.1. The van der Waals surface area contributed by atoms with Gasteiger partial charge in [-0.3, -0.25) is 0 Å². The molecule has 0 aliphatic heterocycles. The molecule has 0 bridgehead atoms. The van der Waals surface area contributed by atoms with Gasteiger partial charge in [-0.2, -0.15) is 0 Å². The summed E-state index contributed by atoms with van der Waals surface area (Å²) in [5, 5.41) is 11.1. The van der Waals surface area contributed by atoms with Crippen molar-refractivity contribution in [2.75, 3.05) is 20.8 Å². The molecule has 5 nitrogen and oxygen atoms in total. The third-order valence-corrected chi connectivity index (χ3v) is 4.48. The van der Waals surface area contributed by atoms with Crippen LogP contribution in [0.5, 0.6) is 11.5 Å². The minimum atomic E-state index is -0.234. The summed E-state index contributed by atoms with van der Waals surface area (Å²) in [5.74, 6) is 1.16. The highest BCUT2D eigenvalue weighted by atomic mass is 16.7. The van der Waals surface area contributed by atoms with Crippen molar-refractivity contribution in [1.82, 2.24) is 4.57 Å². The predicted octanol–water partition coefficient (Wildman–Crippen LogP) is 3.98. The molecule has 26 heavy (non-hydrogen) atoms. The number of phenolic OH excluding ortho intramolecular Hbond substituents is 1. The minimum Gasteiger partial charge on any atom is -0.506 e. The van der Waals surface area contributed by atoms with Crippen molar-refractivity contribution in [1.29, 1.82) is 0 Å². The molecule has 1 N–H and O–H groups in total. The Hall–Kier alpha value is -2.50. The Kier molecular flexibility index (Phi) is 6.15. The highest BCUT2D eigenvalue weighted by Crippen LogP contribution is 2.25. The molecule has 2 aromatic carbocycles. The Balaban J connectivity index is 1.54. The van der Waals surface area contributed by atoms with E-state index in [0.29, 0.717) is 18.8 Å². The van der Waals surface area contributed by atoms with Gasteiger partial charge in [0, 0.05) is 38.8 Å². The number of aromatic hydroxyl groups is 1. The van der Waals surface area contributed by atoms with E-state index in [9.17, 15) is 5.11 Å². The molecule has 0 radical (unpaired) electrons. The van der Waals surface area contributed by atoms with Gasteiger partial charge in [0.05, 0.1) is 12.1 Å². The Bertz CT molecular complexity index is 822. The number of ether oxygens (including phenoxy) is 3. The van der Waals surface area contributed by atoms with Crippen LogP contribution >= 0.6 is 0 Å². The van der Waals surface area contributed by atoms with E-state index in [-0.39, 0.29) is 6.29 Å². The highest BCUT2D eigenvalue weighted by Gasteiger charge is 2.07. The number of benzene rings is 2. The molecule has 3 aromatic rings. The monoisotopic (exact) mass is 355 g/mol. The van der Waals surface area contributed by atoms with E-state index in [0.717, 1.165) is 29.6 Å². The van der Waals surface area contributed by atoms with Crippen LogP contribution in [0.1, 0.15) is 12.0 Å². The lowest BCUT2D eigenvalue weighted by Crippen LogP contribution is -2.16. The van der Waals surface area contributed by atoms with E-state index in [1.807, 2.05) is 36.5 Å². The quantitative estimate of drug-likeness (QED) is 0.590. The Morgan fingerprint density at radius 2 is 1.77 bits per heavy atom. The maximum atomic E-state index is 10.1. The molecule has 138 valence electrons. The second-order valence-electron chi connectivity index (χ2n) is 6.16. The van der Waals surface area contributed by atoms with Crippen molar-refractivity contribution in [3.63, 3.8) is 0 Å². The van der Waals surface area contributed by atoms with Gasteiger partial charge in [-0.1, -0.05) is 24.3 Å². The van der Waals surface area contributed by atoms with Gasteiger partial charge in [-0.25, -0.2) is 0 Å². The molecular weight excluding hydrogens is 330 g/mol. The van der Waals surface area contributed by atoms with Crippen molar-refractivity contribution in [3.8, 4) is 11.5 Å². The number of hydrogen-bond acceptors (Lipinski definition) is 4. The maximum Gasteiger partial charge on any atom is 0.160 e. The zero-order chi connectivity index (χ0) is 18.4. The first-order chi connectivity index (χ1) is 12.7. The van der Waals surface area contributed by atoms with Crippen LogP contribution in [0, 0.1) is 0 Å². The summed E-state index contributed by atoms with van der Waals surface area (Å²) in [4.78, 5) is 0. The van der Waals surface area contributed by atoms with Crippen LogP contribution in [0.3, 0.4) is 0 Å². The Labute approximate surface area is 153 Å². The van der Waals surface area contributed by atoms with Crippen molar-refractivity contribution >= 4 is 10.9 Å². The van der Waals surface area contributed by atoms with Gasteiger partial charge in [0.2, 0.25) is 0 Å². The van der Waals surface area contributed by atoms with E-state index in [2.05, 4.69) is 16.7 Å². The van der Waals surface area contributed by atoms with Crippen LogP contribution in [0.4, 0.5) is 0 Å². The van der Waals surface area contributed by atoms with Crippen molar-refractivity contribution < 1.29 is 19.3 Å². The van der Waals surface area contributed by atoms with Gasteiger partial charge in [-0.15, -0.1) is 0 Å². The summed E-state index contributed by atoms with van der Waals surface area (Å²) in [6.07, 6.45) is 3.35. The number of rotatable bonds is 9. The summed E-state index contributed by atoms with van der Waals surface area (Å²) in [5.41, 5.74) is 2.11. The van der Waals surface area contributed by atoms with Crippen LogP contribution in [0.25, 0.3) is 10.9 Å².